The van der Waals surface area contributed by atoms with Crippen molar-refractivity contribution in [2.45, 2.75) is 23.9 Å². The normalized spacial score (nSPS) is 19.2. The Balaban J connectivity index is 0.00000144. The molecule has 0 saturated carbocycles. The molecule has 0 aromatic heterocycles. The third-order valence-corrected chi connectivity index (χ3v) is 3.86. The van der Waals surface area contributed by atoms with Crippen molar-refractivity contribution in [3.8, 4) is 0 Å². The molecule has 5 nitrogen and oxygen atoms in total. The molecule has 1 aliphatic rings. The number of benzene rings is 1. The summed E-state index contributed by atoms with van der Waals surface area (Å²) in [5.74, 6) is 0. The third kappa shape index (κ3) is 2.90. The molecule has 1 aliphatic carbocycles. The van der Waals surface area contributed by atoms with E-state index in [-0.39, 0.29) is 43.8 Å². The summed E-state index contributed by atoms with van der Waals surface area (Å²) in [7, 11) is -4.66. The zero-order valence-corrected chi connectivity index (χ0v) is 12.2. The molecule has 0 spiro atoms. The maximum Gasteiger partial charge on any atom is 1.00 e. The van der Waals surface area contributed by atoms with Crippen LogP contribution < -0.4 is 29.6 Å². The number of aliphatic hydroxyl groups is 2. The molecule has 2 rings (SSSR count). The van der Waals surface area contributed by atoms with Crippen LogP contribution in [0.1, 0.15) is 12.6 Å². The topological polar surface area (TPSA) is 94.8 Å². The van der Waals surface area contributed by atoms with Gasteiger partial charge in [0.15, 0.2) is 0 Å². The van der Waals surface area contributed by atoms with E-state index in [4.69, 9.17) is 4.55 Å². The van der Waals surface area contributed by atoms with Gasteiger partial charge in [0.1, 0.15) is 5.60 Å². The zero-order chi connectivity index (χ0) is 12.0. The molecule has 7 heteroatoms. The first-order valence-electron chi connectivity index (χ1n) is 4.76. The van der Waals surface area contributed by atoms with Gasteiger partial charge < -0.3 is 11.6 Å². The van der Waals surface area contributed by atoms with Gasteiger partial charge in [-0.15, -0.1) is 0 Å². The van der Waals surface area contributed by atoms with Crippen LogP contribution in [0.15, 0.2) is 24.3 Å². The van der Waals surface area contributed by atoms with E-state index in [0.717, 1.165) is 11.1 Å². The maximum atomic E-state index is 10.8. The fraction of sp³-hybridized carbons (Fsp3) is 0.400. The van der Waals surface area contributed by atoms with Gasteiger partial charge in [-0.25, -0.2) is 0 Å². The van der Waals surface area contributed by atoms with Gasteiger partial charge in [0, 0.05) is 12.8 Å². The Morgan fingerprint density at radius 3 is 2.00 bits per heavy atom. The Bertz CT molecular complexity index is 494. The monoisotopic (exact) mass is 268 g/mol. The Hall–Kier alpha value is 0.0500. The van der Waals surface area contributed by atoms with E-state index in [1.807, 2.05) is 0 Å². The second kappa shape index (κ2) is 4.97. The quantitative estimate of drug-likeness (QED) is 0.389. The molecule has 0 radical (unpaired) electrons. The molecular formula is C10H13NaO5S. The van der Waals surface area contributed by atoms with E-state index < -0.39 is 21.2 Å². The SMILES string of the molecule is O=S(=O)(O)C(O)C1(O)Cc2ccccc2C1.[H-].[Na+]. The van der Waals surface area contributed by atoms with E-state index in [0.29, 0.717) is 0 Å². The van der Waals surface area contributed by atoms with Crippen molar-refractivity contribution in [2.24, 2.45) is 0 Å². The summed E-state index contributed by atoms with van der Waals surface area (Å²) in [5.41, 5.74) is -2.44. The van der Waals surface area contributed by atoms with Crippen LogP contribution in [-0.4, -0.2) is 34.2 Å². The molecule has 3 N–H and O–H groups in total. The van der Waals surface area contributed by atoms with Crippen molar-refractivity contribution in [3.63, 3.8) is 0 Å². The second-order valence-corrected chi connectivity index (χ2v) is 5.57. The largest absolute Gasteiger partial charge is 1.00 e. The van der Waals surface area contributed by atoms with E-state index in [2.05, 4.69) is 0 Å². The average molecular weight is 268 g/mol. The zero-order valence-electron chi connectivity index (χ0n) is 10.4. The van der Waals surface area contributed by atoms with Gasteiger partial charge in [0.25, 0.3) is 10.1 Å². The Labute approximate surface area is 123 Å². The van der Waals surface area contributed by atoms with Crippen LogP contribution in [0.25, 0.3) is 0 Å². The average Bonchev–Trinajstić information content (AvgIpc) is 2.52. The van der Waals surface area contributed by atoms with Crippen molar-refractivity contribution in [1.29, 1.82) is 0 Å². The summed E-state index contributed by atoms with van der Waals surface area (Å²) >= 11 is 0. The molecule has 1 atom stereocenters. The van der Waals surface area contributed by atoms with Crippen LogP contribution in [0, 0.1) is 0 Å². The summed E-state index contributed by atoms with van der Waals surface area (Å²) in [6.45, 7) is 0. The van der Waals surface area contributed by atoms with Crippen LogP contribution in [0.3, 0.4) is 0 Å². The van der Waals surface area contributed by atoms with Gasteiger partial charge in [-0.2, -0.15) is 8.42 Å². The van der Waals surface area contributed by atoms with Crippen LogP contribution in [0.4, 0.5) is 0 Å². The predicted octanol–water partition coefficient (Wildman–Crippen LogP) is -3.16. The van der Waals surface area contributed by atoms with Crippen LogP contribution >= 0.6 is 0 Å². The Kier molecular flexibility index (Phi) is 4.42. The van der Waals surface area contributed by atoms with E-state index >= 15 is 0 Å². The van der Waals surface area contributed by atoms with Crippen molar-refractivity contribution in [3.05, 3.63) is 35.4 Å². The van der Waals surface area contributed by atoms with Gasteiger partial charge in [0.2, 0.25) is 5.44 Å². The van der Waals surface area contributed by atoms with E-state index in [1.165, 1.54) is 0 Å². The minimum atomic E-state index is -4.66. The second-order valence-electron chi connectivity index (χ2n) is 4.09. The predicted molar refractivity (Wildman–Crippen MR) is 57.5 cm³/mol. The minimum absolute atomic E-state index is 0. The summed E-state index contributed by atoms with van der Waals surface area (Å²) in [6.07, 6.45) is 0.0360. The minimum Gasteiger partial charge on any atom is -1.00 e. The molecule has 0 saturated heterocycles. The fourth-order valence-corrected chi connectivity index (χ4v) is 2.80. The van der Waals surface area contributed by atoms with Gasteiger partial charge in [-0.1, -0.05) is 24.3 Å². The molecular weight excluding hydrogens is 255 g/mol. The summed E-state index contributed by atoms with van der Waals surface area (Å²) in [4.78, 5) is 0. The molecule has 17 heavy (non-hydrogen) atoms. The molecule has 90 valence electrons. The number of fused-ring (bicyclic) bond motifs is 1. The molecule has 0 fully saturated rings. The third-order valence-electron chi connectivity index (χ3n) is 2.85. The van der Waals surface area contributed by atoms with Crippen LogP contribution in [-0.2, 0) is 23.0 Å². The van der Waals surface area contributed by atoms with Gasteiger partial charge in [-0.05, 0) is 11.1 Å². The molecule has 0 aliphatic heterocycles. The first kappa shape index (κ1) is 15.1. The van der Waals surface area contributed by atoms with E-state index in [9.17, 15) is 18.6 Å². The molecule has 1 aromatic carbocycles. The summed E-state index contributed by atoms with van der Waals surface area (Å²) < 4.78 is 30.4. The van der Waals surface area contributed by atoms with E-state index in [1.54, 1.807) is 24.3 Å². The van der Waals surface area contributed by atoms with Gasteiger partial charge >= 0.3 is 29.6 Å². The summed E-state index contributed by atoms with van der Waals surface area (Å²) in [6, 6.07) is 7.04. The van der Waals surface area contributed by atoms with Gasteiger partial charge in [-0.3, -0.25) is 4.55 Å². The van der Waals surface area contributed by atoms with Crippen molar-refractivity contribution >= 4 is 10.1 Å². The van der Waals surface area contributed by atoms with Crippen molar-refractivity contribution in [1.82, 2.24) is 0 Å². The van der Waals surface area contributed by atoms with Crippen molar-refractivity contribution in [2.75, 3.05) is 0 Å². The molecule has 1 aromatic rings. The summed E-state index contributed by atoms with van der Waals surface area (Å²) in [5, 5.41) is 19.5. The Morgan fingerprint density at radius 2 is 1.65 bits per heavy atom. The smallest absolute Gasteiger partial charge is 1.00 e. The molecule has 0 bridgehead atoms. The number of rotatable bonds is 2. The molecule has 0 heterocycles. The fourth-order valence-electron chi connectivity index (χ4n) is 2.08. The first-order chi connectivity index (χ1) is 7.33. The maximum absolute atomic E-state index is 10.8. The number of hydrogen-bond acceptors (Lipinski definition) is 4. The number of hydrogen-bond donors (Lipinski definition) is 3. The Morgan fingerprint density at radius 1 is 1.24 bits per heavy atom. The number of aliphatic hydroxyl groups excluding tert-OH is 1. The standard InChI is InChI=1S/C10H12O5S.Na.H/c11-9(16(13,14)15)10(12)5-7-3-1-2-4-8(7)6-10;;/h1-4,9,11-12H,5-6H2,(H,13,14,15);;/q;+1;-1. The first-order valence-corrected chi connectivity index (χ1v) is 6.27. The molecule has 0 amide bonds. The van der Waals surface area contributed by atoms with Gasteiger partial charge in [0.05, 0.1) is 0 Å². The van der Waals surface area contributed by atoms with Crippen molar-refractivity contribution < 1.29 is 54.2 Å². The van der Waals surface area contributed by atoms with Crippen LogP contribution in [0.2, 0.25) is 0 Å². The molecule has 1 unspecified atom stereocenters. The van der Waals surface area contributed by atoms with Crippen LogP contribution in [0.5, 0.6) is 0 Å².